The highest BCUT2D eigenvalue weighted by Crippen LogP contribution is 2.69. The van der Waals surface area contributed by atoms with E-state index in [-0.39, 0.29) is 22.1 Å². The molecular weight excluding hydrogens is 697 g/mol. The molecule has 0 unspecified atom stereocenters. The van der Waals surface area contributed by atoms with Crippen LogP contribution in [0, 0.1) is 40.6 Å². The summed E-state index contributed by atoms with van der Waals surface area (Å²) >= 11 is 7.03. The maximum absolute atomic E-state index is 9.45. The number of methoxy groups -OCH3 is 2. The Balaban J connectivity index is 1.30. The predicted molar refractivity (Wildman–Crippen MR) is 204 cm³/mol. The Bertz CT molecular complexity index is 2290. The Morgan fingerprint density at radius 2 is 1.34 bits per heavy atom. The van der Waals surface area contributed by atoms with E-state index >= 15 is 0 Å². The topological polar surface area (TPSA) is 94.2 Å². The standard InChI is InChI=1S/C40H32N4O2S4/c1-44-24(22-43)15-26-17-29(45-2)35(47-26)27-18-31-33(39(27)10-6-4-7-11-39)34-38(49-31)36-28(40(34)12-8-5-9-13-40)19-32(50-36)37-30(46-3)16-25(48-37)14-23(20-41)21-42/h14-19H,4-13H2,2-3H3/b24-15-. The van der Waals surface area contributed by atoms with E-state index < -0.39 is 0 Å². The predicted octanol–water partition coefficient (Wildman–Crippen LogP) is 11.8. The number of nitrogens with zero attached hydrogens (tertiary/aromatic N) is 4. The summed E-state index contributed by atoms with van der Waals surface area (Å²) in [5, 5.41) is 28.2. The summed E-state index contributed by atoms with van der Waals surface area (Å²) in [5.74, 6) is 1.59. The molecule has 248 valence electrons. The number of fused-ring (bicyclic) bond motifs is 8. The second kappa shape index (κ2) is 12.7. The van der Waals surface area contributed by atoms with Crippen LogP contribution >= 0.6 is 45.3 Å². The zero-order chi connectivity index (χ0) is 34.6. The Morgan fingerprint density at radius 3 is 1.96 bits per heavy atom. The van der Waals surface area contributed by atoms with E-state index in [0.29, 0.717) is 0 Å². The lowest BCUT2D eigenvalue weighted by Gasteiger charge is -2.42. The minimum atomic E-state index is -0.0898. The molecule has 4 heterocycles. The van der Waals surface area contributed by atoms with Gasteiger partial charge in [0.1, 0.15) is 29.2 Å². The molecule has 0 amide bonds. The molecule has 0 radical (unpaired) electrons. The second-order valence-electron chi connectivity index (χ2n) is 13.4. The average molecular weight is 729 g/mol. The molecular formula is C40H32N4O2S4. The highest BCUT2D eigenvalue weighted by molar-refractivity contribution is 7.27. The van der Waals surface area contributed by atoms with E-state index in [0.717, 1.165) is 56.7 Å². The zero-order valence-corrected chi connectivity index (χ0v) is 31.0. The highest BCUT2D eigenvalue weighted by atomic mass is 32.1. The van der Waals surface area contributed by atoms with Crippen LogP contribution in [-0.4, -0.2) is 14.2 Å². The van der Waals surface area contributed by atoms with Gasteiger partial charge in [-0.05, 0) is 84.4 Å². The normalized spacial score (nSPS) is 17.9. The molecule has 0 N–H and O–H groups in total. The van der Waals surface area contributed by atoms with Crippen molar-refractivity contribution in [3.8, 4) is 49.2 Å². The maximum atomic E-state index is 9.45. The molecule has 6 nitrogen and oxygen atoms in total. The van der Waals surface area contributed by atoms with Crippen LogP contribution in [0.15, 0.2) is 29.5 Å². The Kier molecular flexibility index (Phi) is 8.34. The number of hydrogen-bond acceptors (Lipinski definition) is 9. The summed E-state index contributed by atoms with van der Waals surface area (Å²) in [6.07, 6.45) is 17.6. The molecule has 0 atom stereocenters. The number of hydrogen-bond donors (Lipinski definition) is 0. The third-order valence-corrected chi connectivity index (χ3v) is 15.7. The number of ether oxygens (including phenoxy) is 2. The first-order chi connectivity index (χ1) is 24.4. The van der Waals surface area contributed by atoms with Crippen LogP contribution < -0.4 is 9.47 Å². The lowest BCUT2D eigenvalue weighted by Crippen LogP contribution is -2.34. The Labute approximate surface area is 308 Å². The van der Waals surface area contributed by atoms with Crippen molar-refractivity contribution in [2.45, 2.75) is 75.0 Å². The lowest BCUT2D eigenvalue weighted by molar-refractivity contribution is 0.334. The third kappa shape index (κ3) is 4.85. The SMILES string of the molecule is [C-]#[N+]/C(C#N)=C\c1cc(OC)c(C2=Cc3sc4c(c3C23CCCCC3)C2(CCCCC2)c2cc(-c3sc(C=C(C#N)C#N)cc3OC)sc2-4)s1. The van der Waals surface area contributed by atoms with E-state index in [1.807, 2.05) is 53.0 Å². The molecule has 2 saturated carbocycles. The summed E-state index contributed by atoms with van der Waals surface area (Å²) in [7, 11) is 3.40. The fraction of sp³-hybridized carbons (Fsp3) is 0.350. The average Bonchev–Trinajstić information content (AvgIpc) is 3.99. The molecule has 4 aliphatic carbocycles. The van der Waals surface area contributed by atoms with Gasteiger partial charge in [0.25, 0.3) is 5.70 Å². The van der Waals surface area contributed by atoms with Gasteiger partial charge < -0.3 is 9.47 Å². The minimum Gasteiger partial charge on any atom is -0.495 e. The molecule has 4 aromatic heterocycles. The van der Waals surface area contributed by atoms with Crippen molar-refractivity contribution in [2.24, 2.45) is 0 Å². The summed E-state index contributed by atoms with van der Waals surface area (Å²) in [5.41, 5.74) is 6.01. The molecule has 4 aliphatic rings. The van der Waals surface area contributed by atoms with Gasteiger partial charge in [0.05, 0.1) is 36.6 Å². The maximum Gasteiger partial charge on any atom is 0.263 e. The largest absolute Gasteiger partial charge is 0.495 e. The molecule has 50 heavy (non-hydrogen) atoms. The van der Waals surface area contributed by atoms with E-state index in [1.165, 1.54) is 69.2 Å². The van der Waals surface area contributed by atoms with Crippen LogP contribution in [0.25, 0.3) is 48.2 Å². The van der Waals surface area contributed by atoms with Crippen LogP contribution in [0.4, 0.5) is 0 Å². The molecule has 10 heteroatoms. The van der Waals surface area contributed by atoms with Gasteiger partial charge in [-0.25, -0.2) is 10.1 Å². The van der Waals surface area contributed by atoms with E-state index in [9.17, 15) is 15.8 Å². The van der Waals surface area contributed by atoms with Gasteiger partial charge in [-0.15, -0.1) is 45.3 Å². The molecule has 0 aliphatic heterocycles. The van der Waals surface area contributed by atoms with Gasteiger partial charge in [0, 0.05) is 40.1 Å². The first-order valence-corrected chi connectivity index (χ1v) is 20.1. The summed E-state index contributed by atoms with van der Waals surface area (Å²) in [6.45, 7) is 7.40. The number of allylic oxidation sites excluding steroid dienone is 3. The van der Waals surface area contributed by atoms with Gasteiger partial charge in [0.15, 0.2) is 0 Å². The van der Waals surface area contributed by atoms with Gasteiger partial charge in [-0.1, -0.05) is 38.5 Å². The number of rotatable bonds is 6. The fourth-order valence-corrected chi connectivity index (χ4v) is 14.1. The molecule has 0 saturated heterocycles. The number of nitriles is 3. The van der Waals surface area contributed by atoms with E-state index in [2.05, 4.69) is 17.0 Å². The monoisotopic (exact) mass is 728 g/mol. The molecule has 2 spiro atoms. The minimum absolute atomic E-state index is 0.0255. The van der Waals surface area contributed by atoms with Gasteiger partial charge in [-0.2, -0.15) is 10.5 Å². The van der Waals surface area contributed by atoms with E-state index in [1.54, 1.807) is 60.2 Å². The lowest BCUT2D eigenvalue weighted by atomic mass is 9.61. The van der Waals surface area contributed by atoms with Crippen LogP contribution in [-0.2, 0) is 10.8 Å². The van der Waals surface area contributed by atoms with Crippen molar-refractivity contribution < 1.29 is 9.47 Å². The zero-order valence-electron chi connectivity index (χ0n) is 27.8. The molecule has 4 aromatic rings. The first-order valence-electron chi connectivity index (χ1n) is 16.9. The molecule has 0 bridgehead atoms. The fourth-order valence-electron chi connectivity index (χ4n) is 8.89. The van der Waals surface area contributed by atoms with Crippen molar-refractivity contribution in [1.29, 1.82) is 15.8 Å². The van der Waals surface area contributed by atoms with Crippen molar-refractivity contribution in [1.82, 2.24) is 0 Å². The van der Waals surface area contributed by atoms with Crippen molar-refractivity contribution in [2.75, 3.05) is 14.2 Å². The molecule has 0 aromatic carbocycles. The summed E-state index contributed by atoms with van der Waals surface area (Å²) in [4.78, 5) is 12.7. The van der Waals surface area contributed by atoms with Crippen LogP contribution in [0.3, 0.4) is 0 Å². The van der Waals surface area contributed by atoms with Gasteiger partial charge in [0.2, 0.25) is 0 Å². The van der Waals surface area contributed by atoms with Crippen molar-refractivity contribution in [3.63, 3.8) is 0 Å². The molecule has 8 rings (SSSR count). The molecule has 2 fully saturated rings. The van der Waals surface area contributed by atoms with Crippen LogP contribution in [0.1, 0.15) is 100 Å². The number of thiophene rings is 4. The summed E-state index contributed by atoms with van der Waals surface area (Å²) in [6, 6.07) is 12.3. The third-order valence-electron chi connectivity index (χ3n) is 10.9. The highest BCUT2D eigenvalue weighted by Gasteiger charge is 2.55. The van der Waals surface area contributed by atoms with Gasteiger partial charge >= 0.3 is 0 Å². The van der Waals surface area contributed by atoms with Gasteiger partial charge in [-0.3, -0.25) is 0 Å². The van der Waals surface area contributed by atoms with Crippen LogP contribution in [0.2, 0.25) is 0 Å². The first kappa shape index (κ1) is 32.8. The quantitative estimate of drug-likeness (QED) is 0.145. The Morgan fingerprint density at radius 1 is 0.720 bits per heavy atom. The van der Waals surface area contributed by atoms with E-state index in [4.69, 9.17) is 16.0 Å². The second-order valence-corrected chi connectivity index (χ2v) is 17.6. The smallest absolute Gasteiger partial charge is 0.263 e. The Hall–Kier alpha value is -4.42. The van der Waals surface area contributed by atoms with Crippen molar-refractivity contribution in [3.05, 3.63) is 77.1 Å². The van der Waals surface area contributed by atoms with Crippen molar-refractivity contribution >= 4 is 69.1 Å². The van der Waals surface area contributed by atoms with Crippen LogP contribution in [0.5, 0.6) is 11.5 Å². The summed E-state index contributed by atoms with van der Waals surface area (Å²) < 4.78 is 11.8.